The van der Waals surface area contributed by atoms with Gasteiger partial charge in [-0.1, -0.05) is 30.3 Å². The first-order chi connectivity index (χ1) is 9.45. The molecule has 0 bridgehead atoms. The highest BCUT2D eigenvalue weighted by molar-refractivity contribution is 7.91. The second-order valence-corrected chi connectivity index (χ2v) is 8.13. The predicted octanol–water partition coefficient (Wildman–Crippen LogP) is 1.07. The van der Waals surface area contributed by atoms with E-state index >= 15 is 0 Å². The van der Waals surface area contributed by atoms with Gasteiger partial charge in [-0.15, -0.1) is 0 Å². The number of hydrogen-bond acceptors (Lipinski definition) is 4. The van der Waals surface area contributed by atoms with Crippen LogP contribution >= 0.6 is 0 Å². The summed E-state index contributed by atoms with van der Waals surface area (Å²) in [5.74, 6) is 0.516. The van der Waals surface area contributed by atoms with Crippen molar-refractivity contribution in [3.05, 3.63) is 35.9 Å². The molecule has 0 amide bonds. The number of nitrogens with zero attached hydrogens (tertiary/aromatic N) is 1. The summed E-state index contributed by atoms with van der Waals surface area (Å²) >= 11 is 0. The second-order valence-electron chi connectivity index (χ2n) is 5.83. The van der Waals surface area contributed by atoms with Gasteiger partial charge in [0.1, 0.15) is 0 Å². The van der Waals surface area contributed by atoms with Gasteiger partial charge in [0.05, 0.1) is 11.5 Å². The molecule has 1 atom stereocenters. The molecule has 0 spiro atoms. The van der Waals surface area contributed by atoms with Gasteiger partial charge in [0.25, 0.3) is 0 Å². The van der Waals surface area contributed by atoms with E-state index in [2.05, 4.69) is 24.0 Å². The minimum atomic E-state index is -2.83. The van der Waals surface area contributed by atoms with E-state index in [1.54, 1.807) is 0 Å². The van der Waals surface area contributed by atoms with Gasteiger partial charge in [-0.05, 0) is 25.3 Å². The van der Waals surface area contributed by atoms with Gasteiger partial charge in [0.2, 0.25) is 0 Å². The van der Waals surface area contributed by atoms with Crippen LogP contribution in [0, 0.1) is 0 Å². The summed E-state index contributed by atoms with van der Waals surface area (Å²) in [6.07, 6.45) is 1.92. The Morgan fingerprint density at radius 3 is 2.35 bits per heavy atom. The van der Waals surface area contributed by atoms with Gasteiger partial charge in [-0.25, -0.2) is 8.42 Å². The number of rotatable bonds is 5. The second kappa shape index (κ2) is 6.24. The van der Waals surface area contributed by atoms with E-state index < -0.39 is 9.84 Å². The maximum absolute atomic E-state index is 11.5. The SMILES string of the molecule is CC(CN)(CCc1ccccc1)N1CCS(=O)(=O)CC1. The van der Waals surface area contributed by atoms with Crippen LogP contribution < -0.4 is 5.73 Å². The minimum absolute atomic E-state index is 0.119. The molecule has 1 aromatic carbocycles. The van der Waals surface area contributed by atoms with E-state index in [4.69, 9.17) is 5.73 Å². The summed E-state index contributed by atoms with van der Waals surface area (Å²) in [7, 11) is -2.83. The molecule has 4 nitrogen and oxygen atoms in total. The molecule has 1 aliphatic heterocycles. The topological polar surface area (TPSA) is 63.4 Å². The normalized spacial score (nSPS) is 22.3. The van der Waals surface area contributed by atoms with Crippen LogP contribution in [-0.4, -0.2) is 50.0 Å². The van der Waals surface area contributed by atoms with Crippen LogP contribution in [0.1, 0.15) is 18.9 Å². The predicted molar refractivity (Wildman–Crippen MR) is 82.4 cm³/mol. The number of benzene rings is 1. The summed E-state index contributed by atoms with van der Waals surface area (Å²) in [6.45, 7) is 3.91. The van der Waals surface area contributed by atoms with Crippen LogP contribution in [0.15, 0.2) is 30.3 Å². The van der Waals surface area contributed by atoms with Crippen molar-refractivity contribution in [2.24, 2.45) is 5.73 Å². The maximum Gasteiger partial charge on any atom is 0.152 e. The monoisotopic (exact) mass is 296 g/mol. The lowest BCUT2D eigenvalue weighted by atomic mass is 9.91. The lowest BCUT2D eigenvalue weighted by Crippen LogP contribution is -2.57. The summed E-state index contributed by atoms with van der Waals surface area (Å²) in [5.41, 5.74) is 7.16. The van der Waals surface area contributed by atoms with E-state index in [1.165, 1.54) is 5.56 Å². The fourth-order valence-corrected chi connectivity index (χ4v) is 3.90. The van der Waals surface area contributed by atoms with Crippen LogP contribution in [-0.2, 0) is 16.3 Å². The number of nitrogens with two attached hydrogens (primary N) is 1. The average Bonchev–Trinajstić information content (AvgIpc) is 2.46. The Balaban J connectivity index is 1.98. The first kappa shape index (κ1) is 15.5. The minimum Gasteiger partial charge on any atom is -0.329 e. The molecule has 20 heavy (non-hydrogen) atoms. The first-order valence-corrected chi connectivity index (χ1v) is 8.97. The molecular formula is C15H24N2O2S. The van der Waals surface area contributed by atoms with Crippen molar-refractivity contribution >= 4 is 9.84 Å². The molecule has 1 saturated heterocycles. The zero-order chi connectivity index (χ0) is 14.6. The van der Waals surface area contributed by atoms with Gasteiger partial charge in [-0.2, -0.15) is 0 Å². The van der Waals surface area contributed by atoms with Crippen molar-refractivity contribution in [1.29, 1.82) is 0 Å². The van der Waals surface area contributed by atoms with Crippen LogP contribution in [0.4, 0.5) is 0 Å². The fraction of sp³-hybridized carbons (Fsp3) is 0.600. The Hall–Kier alpha value is -0.910. The van der Waals surface area contributed by atoms with E-state index in [-0.39, 0.29) is 17.0 Å². The number of aryl methyl sites for hydroxylation is 1. The van der Waals surface area contributed by atoms with Gasteiger partial charge >= 0.3 is 0 Å². The lowest BCUT2D eigenvalue weighted by Gasteiger charge is -2.42. The maximum atomic E-state index is 11.5. The summed E-state index contributed by atoms with van der Waals surface area (Å²) < 4.78 is 23.1. The van der Waals surface area contributed by atoms with Gasteiger partial charge in [0, 0.05) is 25.2 Å². The van der Waals surface area contributed by atoms with Crippen molar-refractivity contribution in [1.82, 2.24) is 4.90 Å². The zero-order valence-electron chi connectivity index (χ0n) is 12.1. The van der Waals surface area contributed by atoms with E-state index in [0.717, 1.165) is 12.8 Å². The van der Waals surface area contributed by atoms with Crippen molar-refractivity contribution in [2.45, 2.75) is 25.3 Å². The van der Waals surface area contributed by atoms with Gasteiger partial charge in [0.15, 0.2) is 9.84 Å². The van der Waals surface area contributed by atoms with Crippen LogP contribution in [0.2, 0.25) is 0 Å². The molecule has 0 radical (unpaired) electrons. The highest BCUT2D eigenvalue weighted by Crippen LogP contribution is 2.23. The first-order valence-electron chi connectivity index (χ1n) is 7.15. The molecule has 2 N–H and O–H groups in total. The summed E-state index contributed by atoms with van der Waals surface area (Å²) in [6, 6.07) is 10.3. The highest BCUT2D eigenvalue weighted by Gasteiger charge is 2.34. The largest absolute Gasteiger partial charge is 0.329 e. The van der Waals surface area contributed by atoms with Crippen LogP contribution in [0.25, 0.3) is 0 Å². The average molecular weight is 296 g/mol. The Kier molecular flexibility index (Phi) is 4.83. The van der Waals surface area contributed by atoms with Crippen molar-refractivity contribution < 1.29 is 8.42 Å². The number of sulfone groups is 1. The van der Waals surface area contributed by atoms with Crippen LogP contribution in [0.5, 0.6) is 0 Å². The van der Waals surface area contributed by atoms with Crippen LogP contribution in [0.3, 0.4) is 0 Å². The molecule has 112 valence electrons. The Morgan fingerprint density at radius 1 is 1.20 bits per heavy atom. The lowest BCUT2D eigenvalue weighted by molar-refractivity contribution is 0.112. The molecule has 1 aliphatic rings. The van der Waals surface area contributed by atoms with Crippen molar-refractivity contribution in [2.75, 3.05) is 31.1 Å². The molecular weight excluding hydrogens is 272 g/mol. The van der Waals surface area contributed by atoms with Crippen molar-refractivity contribution in [3.8, 4) is 0 Å². The molecule has 1 unspecified atom stereocenters. The van der Waals surface area contributed by atoms with E-state index in [0.29, 0.717) is 19.6 Å². The third-order valence-electron chi connectivity index (χ3n) is 4.34. The molecule has 0 aromatic heterocycles. The molecule has 5 heteroatoms. The smallest absolute Gasteiger partial charge is 0.152 e. The molecule has 0 aliphatic carbocycles. The Bertz CT molecular complexity index is 516. The van der Waals surface area contributed by atoms with E-state index in [9.17, 15) is 8.42 Å². The zero-order valence-corrected chi connectivity index (χ0v) is 12.9. The number of hydrogen-bond donors (Lipinski definition) is 1. The molecule has 1 aromatic rings. The van der Waals surface area contributed by atoms with E-state index in [1.807, 2.05) is 18.2 Å². The molecule has 1 fully saturated rings. The molecule has 0 saturated carbocycles. The standard InChI is InChI=1S/C15H24N2O2S/c1-15(13-16,8-7-14-5-3-2-4-6-14)17-9-11-20(18,19)12-10-17/h2-6H,7-13,16H2,1H3. The van der Waals surface area contributed by atoms with Crippen molar-refractivity contribution in [3.63, 3.8) is 0 Å². The summed E-state index contributed by atoms with van der Waals surface area (Å²) in [4.78, 5) is 2.25. The fourth-order valence-electron chi connectivity index (χ4n) is 2.70. The third-order valence-corrected chi connectivity index (χ3v) is 5.95. The summed E-state index contributed by atoms with van der Waals surface area (Å²) in [5, 5.41) is 0. The highest BCUT2D eigenvalue weighted by atomic mass is 32.2. The molecule has 2 rings (SSSR count). The quantitative estimate of drug-likeness (QED) is 0.883. The Labute approximate surface area is 121 Å². The van der Waals surface area contributed by atoms with Gasteiger partial charge in [-0.3, -0.25) is 4.90 Å². The Morgan fingerprint density at radius 2 is 1.80 bits per heavy atom. The molecule has 1 heterocycles. The van der Waals surface area contributed by atoms with Gasteiger partial charge < -0.3 is 5.73 Å². The third kappa shape index (κ3) is 3.81.